The molecule has 0 N–H and O–H groups in total. The first kappa shape index (κ1) is 10.9. The zero-order valence-corrected chi connectivity index (χ0v) is 10.0. The maximum Gasteiger partial charge on any atom is 0.0630 e. The van der Waals surface area contributed by atoms with Crippen LogP contribution in [0.4, 0.5) is 0 Å². The molecule has 2 saturated heterocycles. The summed E-state index contributed by atoms with van der Waals surface area (Å²) in [5.41, 5.74) is 0. The highest BCUT2D eigenvalue weighted by molar-refractivity contribution is 9.09. The van der Waals surface area contributed by atoms with Gasteiger partial charge in [0.05, 0.1) is 19.8 Å². The Labute approximate surface area is 93.9 Å². The van der Waals surface area contributed by atoms with Crippen LogP contribution in [0.15, 0.2) is 0 Å². The van der Waals surface area contributed by atoms with Crippen molar-refractivity contribution in [1.29, 1.82) is 0 Å². The van der Waals surface area contributed by atoms with E-state index in [0.717, 1.165) is 44.2 Å². The quantitative estimate of drug-likeness (QED) is 0.713. The Morgan fingerprint density at radius 3 is 2.79 bits per heavy atom. The first-order chi connectivity index (χ1) is 6.90. The molecule has 0 aromatic carbocycles. The first-order valence-corrected chi connectivity index (χ1v) is 6.48. The van der Waals surface area contributed by atoms with Crippen LogP contribution in [0.25, 0.3) is 0 Å². The molecule has 2 rings (SSSR count). The maximum atomic E-state index is 5.46. The smallest absolute Gasteiger partial charge is 0.0630 e. The molecule has 0 spiro atoms. The molecule has 0 aromatic heterocycles. The van der Waals surface area contributed by atoms with Gasteiger partial charge in [0.15, 0.2) is 0 Å². The van der Waals surface area contributed by atoms with Gasteiger partial charge in [0.2, 0.25) is 0 Å². The molecule has 2 unspecified atom stereocenters. The van der Waals surface area contributed by atoms with Crippen molar-refractivity contribution < 1.29 is 9.47 Å². The fraction of sp³-hybridized carbons (Fsp3) is 1.00. The Bertz CT molecular complexity index is 174. The minimum Gasteiger partial charge on any atom is -0.381 e. The molecule has 0 aliphatic carbocycles. The number of hydrogen-bond acceptors (Lipinski definition) is 3. The fourth-order valence-corrected chi connectivity index (χ4v) is 2.73. The first-order valence-electron chi connectivity index (χ1n) is 5.35. The molecule has 0 amide bonds. The summed E-state index contributed by atoms with van der Waals surface area (Å²) in [5, 5.41) is 1.01. The van der Waals surface area contributed by atoms with E-state index in [1.165, 1.54) is 13.0 Å². The summed E-state index contributed by atoms with van der Waals surface area (Å²) in [4.78, 5) is 2.54. The average molecular weight is 264 g/mol. The average Bonchev–Trinajstić information content (AvgIpc) is 2.71. The summed E-state index contributed by atoms with van der Waals surface area (Å²) < 4.78 is 10.9. The Hall–Kier alpha value is 0.360. The van der Waals surface area contributed by atoms with Crippen molar-refractivity contribution in [3.63, 3.8) is 0 Å². The highest BCUT2D eigenvalue weighted by Crippen LogP contribution is 2.17. The van der Waals surface area contributed by atoms with Crippen molar-refractivity contribution in [3.05, 3.63) is 0 Å². The molecule has 2 aliphatic rings. The summed E-state index contributed by atoms with van der Waals surface area (Å²) in [5.74, 6) is 0.745. The van der Waals surface area contributed by atoms with Crippen LogP contribution in [0.5, 0.6) is 0 Å². The van der Waals surface area contributed by atoms with Crippen molar-refractivity contribution in [1.82, 2.24) is 4.90 Å². The van der Waals surface area contributed by atoms with E-state index in [9.17, 15) is 0 Å². The van der Waals surface area contributed by atoms with Crippen molar-refractivity contribution in [2.45, 2.75) is 12.5 Å². The molecule has 2 heterocycles. The van der Waals surface area contributed by atoms with Crippen LogP contribution in [0.3, 0.4) is 0 Å². The van der Waals surface area contributed by atoms with Gasteiger partial charge in [0, 0.05) is 31.1 Å². The second-order valence-electron chi connectivity index (χ2n) is 4.11. The molecule has 2 aliphatic heterocycles. The zero-order chi connectivity index (χ0) is 9.80. The van der Waals surface area contributed by atoms with Crippen LogP contribution in [-0.4, -0.2) is 55.8 Å². The molecular weight excluding hydrogens is 246 g/mol. The van der Waals surface area contributed by atoms with E-state index in [1.807, 2.05) is 0 Å². The SMILES string of the molecule is BrCC1COCCN1CC1CCOC1. The molecule has 2 atom stereocenters. The van der Waals surface area contributed by atoms with E-state index < -0.39 is 0 Å². The summed E-state index contributed by atoms with van der Waals surface area (Å²) >= 11 is 3.55. The van der Waals surface area contributed by atoms with E-state index in [-0.39, 0.29) is 0 Å². The Morgan fingerprint density at radius 2 is 2.07 bits per heavy atom. The molecule has 4 heteroatoms. The van der Waals surface area contributed by atoms with Crippen LogP contribution in [0.1, 0.15) is 6.42 Å². The van der Waals surface area contributed by atoms with Crippen molar-refractivity contribution in [2.24, 2.45) is 5.92 Å². The predicted molar refractivity (Wildman–Crippen MR) is 58.9 cm³/mol. The number of nitrogens with zero attached hydrogens (tertiary/aromatic N) is 1. The molecule has 14 heavy (non-hydrogen) atoms. The Balaban J connectivity index is 1.81. The minimum absolute atomic E-state index is 0.560. The number of rotatable bonds is 3. The van der Waals surface area contributed by atoms with E-state index in [4.69, 9.17) is 9.47 Å². The topological polar surface area (TPSA) is 21.7 Å². The maximum absolute atomic E-state index is 5.46. The lowest BCUT2D eigenvalue weighted by Crippen LogP contribution is -2.48. The largest absolute Gasteiger partial charge is 0.381 e. The van der Waals surface area contributed by atoms with Crippen molar-refractivity contribution in [2.75, 3.05) is 44.8 Å². The van der Waals surface area contributed by atoms with Crippen LogP contribution in [0.2, 0.25) is 0 Å². The van der Waals surface area contributed by atoms with Gasteiger partial charge in [-0.05, 0) is 12.3 Å². The van der Waals surface area contributed by atoms with E-state index >= 15 is 0 Å². The highest BCUT2D eigenvalue weighted by Gasteiger charge is 2.26. The van der Waals surface area contributed by atoms with Gasteiger partial charge in [-0.15, -0.1) is 0 Å². The van der Waals surface area contributed by atoms with Crippen LogP contribution in [0, 0.1) is 5.92 Å². The third-order valence-electron chi connectivity index (χ3n) is 3.04. The molecular formula is C10H18BrNO2. The summed E-state index contributed by atoms with van der Waals surface area (Å²) in [6.07, 6.45) is 1.23. The van der Waals surface area contributed by atoms with Gasteiger partial charge in [-0.3, -0.25) is 4.90 Å². The molecule has 0 bridgehead atoms. The lowest BCUT2D eigenvalue weighted by atomic mass is 10.1. The van der Waals surface area contributed by atoms with Crippen LogP contribution >= 0.6 is 15.9 Å². The number of morpholine rings is 1. The monoisotopic (exact) mass is 263 g/mol. The molecule has 0 saturated carbocycles. The van der Waals surface area contributed by atoms with Gasteiger partial charge in [-0.1, -0.05) is 15.9 Å². The van der Waals surface area contributed by atoms with Crippen LogP contribution < -0.4 is 0 Å². The molecule has 0 radical (unpaired) electrons. The molecule has 3 nitrogen and oxygen atoms in total. The third-order valence-corrected chi connectivity index (χ3v) is 3.79. The summed E-state index contributed by atoms with van der Waals surface area (Å²) in [6, 6.07) is 0.560. The molecule has 2 fully saturated rings. The lowest BCUT2D eigenvalue weighted by molar-refractivity contribution is -0.00560. The molecule has 82 valence electrons. The standard InChI is InChI=1S/C10H18BrNO2/c11-5-10-8-14-4-2-12(10)6-9-1-3-13-7-9/h9-10H,1-8H2. The number of hydrogen-bond donors (Lipinski definition) is 0. The number of ether oxygens (including phenoxy) is 2. The van der Waals surface area contributed by atoms with E-state index in [2.05, 4.69) is 20.8 Å². The van der Waals surface area contributed by atoms with Crippen LogP contribution in [-0.2, 0) is 9.47 Å². The van der Waals surface area contributed by atoms with Gasteiger partial charge in [-0.25, -0.2) is 0 Å². The van der Waals surface area contributed by atoms with E-state index in [1.54, 1.807) is 0 Å². The Morgan fingerprint density at radius 1 is 1.21 bits per heavy atom. The summed E-state index contributed by atoms with van der Waals surface area (Å²) in [6.45, 7) is 5.92. The van der Waals surface area contributed by atoms with Gasteiger partial charge in [0.1, 0.15) is 0 Å². The van der Waals surface area contributed by atoms with Gasteiger partial charge in [0.25, 0.3) is 0 Å². The van der Waals surface area contributed by atoms with E-state index in [0.29, 0.717) is 6.04 Å². The fourth-order valence-electron chi connectivity index (χ4n) is 2.13. The second-order valence-corrected chi connectivity index (χ2v) is 4.76. The zero-order valence-electron chi connectivity index (χ0n) is 8.45. The van der Waals surface area contributed by atoms with Gasteiger partial charge < -0.3 is 9.47 Å². The summed E-state index contributed by atoms with van der Waals surface area (Å²) in [7, 11) is 0. The molecule has 0 aromatic rings. The predicted octanol–water partition coefficient (Wildman–Crippen LogP) is 1.12. The lowest BCUT2D eigenvalue weighted by Gasteiger charge is -2.35. The second kappa shape index (κ2) is 5.45. The minimum atomic E-state index is 0.560. The van der Waals surface area contributed by atoms with Crippen molar-refractivity contribution >= 4 is 15.9 Å². The normalized spacial score (nSPS) is 34.9. The number of halogens is 1. The Kier molecular flexibility index (Phi) is 4.23. The van der Waals surface area contributed by atoms with Gasteiger partial charge >= 0.3 is 0 Å². The number of alkyl halides is 1. The van der Waals surface area contributed by atoms with Crippen molar-refractivity contribution in [3.8, 4) is 0 Å². The van der Waals surface area contributed by atoms with Gasteiger partial charge in [-0.2, -0.15) is 0 Å². The highest BCUT2D eigenvalue weighted by atomic mass is 79.9. The third kappa shape index (κ3) is 2.69.